The average molecular weight is 354 g/mol. The minimum absolute atomic E-state index is 0.224. The Morgan fingerprint density at radius 2 is 2.10 bits per heavy atom. The number of methoxy groups -OCH3 is 1. The molecule has 1 heterocycles. The molecule has 2 rings (SSSR count). The van der Waals surface area contributed by atoms with Gasteiger partial charge >= 0.3 is 0 Å². The van der Waals surface area contributed by atoms with E-state index in [4.69, 9.17) is 4.74 Å². The first-order chi connectivity index (χ1) is 9.95. The van der Waals surface area contributed by atoms with Gasteiger partial charge in [0.05, 0.1) is 13.2 Å². The third-order valence-electron chi connectivity index (χ3n) is 3.47. The van der Waals surface area contributed by atoms with Gasteiger partial charge in [0.25, 0.3) is 0 Å². The first kappa shape index (κ1) is 15.9. The van der Waals surface area contributed by atoms with Crippen molar-refractivity contribution in [3.05, 3.63) is 57.1 Å². The molecule has 0 saturated carbocycles. The van der Waals surface area contributed by atoms with Crippen LogP contribution in [0.25, 0.3) is 0 Å². The zero-order chi connectivity index (χ0) is 15.6. The van der Waals surface area contributed by atoms with Crippen LogP contribution < -0.4 is 4.74 Å². The Balaban J connectivity index is 2.34. The van der Waals surface area contributed by atoms with Gasteiger partial charge in [0.1, 0.15) is 11.6 Å². The van der Waals surface area contributed by atoms with Crippen molar-refractivity contribution in [3.8, 4) is 5.75 Å². The van der Waals surface area contributed by atoms with Crippen molar-refractivity contribution in [1.82, 2.24) is 4.98 Å². The number of rotatable bonds is 4. The lowest BCUT2D eigenvalue weighted by molar-refractivity contribution is 0.171. The van der Waals surface area contributed by atoms with Crippen molar-refractivity contribution in [1.29, 1.82) is 0 Å². The lowest BCUT2D eigenvalue weighted by Gasteiger charge is -2.17. The van der Waals surface area contributed by atoms with Crippen LogP contribution in [0.5, 0.6) is 5.75 Å². The molecule has 0 aliphatic rings. The molecule has 0 bridgehead atoms. The molecule has 0 aliphatic carbocycles. The predicted molar refractivity (Wildman–Crippen MR) is 83.0 cm³/mol. The van der Waals surface area contributed by atoms with Crippen molar-refractivity contribution >= 4 is 15.9 Å². The maximum Gasteiger partial charge on any atom is 0.130 e. The lowest BCUT2D eigenvalue weighted by atomic mass is 10.0. The van der Waals surface area contributed by atoms with Crippen molar-refractivity contribution < 1.29 is 14.2 Å². The van der Waals surface area contributed by atoms with Crippen LogP contribution in [-0.4, -0.2) is 17.2 Å². The Labute approximate surface area is 131 Å². The van der Waals surface area contributed by atoms with E-state index in [0.29, 0.717) is 10.2 Å². The molecule has 21 heavy (non-hydrogen) atoms. The lowest BCUT2D eigenvalue weighted by Crippen LogP contribution is -2.09. The number of ether oxygens (including phenoxy) is 1. The van der Waals surface area contributed by atoms with E-state index in [0.717, 1.165) is 16.9 Å². The Hall–Kier alpha value is -1.46. The number of aliphatic hydroxyl groups excluding tert-OH is 1. The van der Waals surface area contributed by atoms with E-state index in [1.54, 1.807) is 25.4 Å². The van der Waals surface area contributed by atoms with Crippen molar-refractivity contribution in [2.45, 2.75) is 26.4 Å². The molecule has 1 unspecified atom stereocenters. The summed E-state index contributed by atoms with van der Waals surface area (Å²) in [7, 11) is 1.60. The zero-order valence-electron chi connectivity index (χ0n) is 12.2. The highest BCUT2D eigenvalue weighted by molar-refractivity contribution is 9.10. The molecule has 5 heteroatoms. The maximum atomic E-state index is 13.9. The number of benzene rings is 1. The number of halogens is 2. The summed E-state index contributed by atoms with van der Waals surface area (Å²) >= 11 is 3.27. The van der Waals surface area contributed by atoms with Crippen molar-refractivity contribution in [3.63, 3.8) is 0 Å². The number of aromatic nitrogens is 1. The van der Waals surface area contributed by atoms with E-state index in [1.165, 1.54) is 6.07 Å². The van der Waals surface area contributed by atoms with E-state index in [9.17, 15) is 9.50 Å². The molecule has 0 saturated heterocycles. The fraction of sp³-hybridized carbons (Fsp3) is 0.312. The fourth-order valence-electron chi connectivity index (χ4n) is 2.39. The van der Waals surface area contributed by atoms with E-state index < -0.39 is 11.9 Å². The van der Waals surface area contributed by atoms with Gasteiger partial charge in [0, 0.05) is 39.5 Å². The van der Waals surface area contributed by atoms with Crippen LogP contribution in [0.15, 0.2) is 28.9 Å². The summed E-state index contributed by atoms with van der Waals surface area (Å²) in [6, 6.07) is 4.63. The first-order valence-electron chi connectivity index (χ1n) is 6.56. The molecule has 0 radical (unpaired) electrons. The van der Waals surface area contributed by atoms with Gasteiger partial charge in [-0.25, -0.2) is 4.39 Å². The first-order valence-corrected chi connectivity index (χ1v) is 7.36. The van der Waals surface area contributed by atoms with Gasteiger partial charge < -0.3 is 9.84 Å². The number of aliphatic hydroxyl groups is 1. The minimum atomic E-state index is -0.973. The molecule has 0 aliphatic heterocycles. The molecular formula is C16H17BrFNO2. The van der Waals surface area contributed by atoms with Gasteiger partial charge in [-0.2, -0.15) is 0 Å². The average Bonchev–Trinajstić information content (AvgIpc) is 2.42. The maximum absolute atomic E-state index is 13.9. The third kappa shape index (κ3) is 3.24. The summed E-state index contributed by atoms with van der Waals surface area (Å²) in [5.41, 5.74) is 2.74. The molecule has 1 N–H and O–H groups in total. The second-order valence-corrected chi connectivity index (χ2v) is 5.76. The molecule has 0 spiro atoms. The standard InChI is InChI=1S/C16H17BrFNO2/c1-9-8-19-13(10(2)16(9)21-3)7-14(20)15-11(17)5-4-6-12(15)18/h4-6,8,14,20H,7H2,1-3H3. The summed E-state index contributed by atoms with van der Waals surface area (Å²) in [5, 5.41) is 10.3. The third-order valence-corrected chi connectivity index (χ3v) is 4.16. The van der Waals surface area contributed by atoms with Crippen LogP contribution in [0.1, 0.15) is 28.5 Å². The molecule has 2 aromatic rings. The summed E-state index contributed by atoms with van der Waals surface area (Å²) in [6.07, 6.45) is 0.950. The summed E-state index contributed by atoms with van der Waals surface area (Å²) in [6.45, 7) is 3.80. The van der Waals surface area contributed by atoms with Gasteiger partial charge in [-0.3, -0.25) is 4.98 Å². The van der Waals surface area contributed by atoms with Crippen LogP contribution in [0.3, 0.4) is 0 Å². The van der Waals surface area contributed by atoms with Crippen molar-refractivity contribution in [2.75, 3.05) is 7.11 Å². The second kappa shape index (κ2) is 6.54. The minimum Gasteiger partial charge on any atom is -0.496 e. The molecule has 112 valence electrons. The Morgan fingerprint density at radius 1 is 1.38 bits per heavy atom. The monoisotopic (exact) mass is 353 g/mol. The number of aryl methyl sites for hydroxylation is 1. The molecule has 0 amide bonds. The Kier molecular flexibility index (Phi) is 4.96. The number of hydrogen-bond donors (Lipinski definition) is 1. The highest BCUT2D eigenvalue weighted by Gasteiger charge is 2.19. The molecular weight excluding hydrogens is 337 g/mol. The number of hydrogen-bond acceptors (Lipinski definition) is 3. The van der Waals surface area contributed by atoms with Crippen LogP contribution in [0.4, 0.5) is 4.39 Å². The van der Waals surface area contributed by atoms with Crippen LogP contribution in [0, 0.1) is 19.7 Å². The number of nitrogens with zero attached hydrogens (tertiary/aromatic N) is 1. The van der Waals surface area contributed by atoms with E-state index in [-0.39, 0.29) is 12.0 Å². The van der Waals surface area contributed by atoms with Gasteiger partial charge in [-0.05, 0) is 26.0 Å². The molecule has 3 nitrogen and oxygen atoms in total. The summed E-state index contributed by atoms with van der Waals surface area (Å²) < 4.78 is 19.8. The highest BCUT2D eigenvalue weighted by atomic mass is 79.9. The SMILES string of the molecule is COc1c(C)cnc(CC(O)c2c(F)cccc2Br)c1C. The zero-order valence-corrected chi connectivity index (χ0v) is 13.7. The van der Waals surface area contributed by atoms with Crippen molar-refractivity contribution in [2.24, 2.45) is 0 Å². The summed E-state index contributed by atoms with van der Waals surface area (Å²) in [5.74, 6) is 0.313. The highest BCUT2D eigenvalue weighted by Crippen LogP contribution is 2.31. The predicted octanol–water partition coefficient (Wildman–Crippen LogP) is 3.88. The smallest absolute Gasteiger partial charge is 0.130 e. The van der Waals surface area contributed by atoms with Gasteiger partial charge in [-0.1, -0.05) is 22.0 Å². The molecule has 0 fully saturated rings. The van der Waals surface area contributed by atoms with E-state index in [1.807, 2.05) is 13.8 Å². The van der Waals surface area contributed by atoms with Crippen LogP contribution >= 0.6 is 15.9 Å². The summed E-state index contributed by atoms with van der Waals surface area (Å²) in [4.78, 5) is 4.33. The van der Waals surface area contributed by atoms with Gasteiger partial charge in [0.15, 0.2) is 0 Å². The largest absolute Gasteiger partial charge is 0.496 e. The van der Waals surface area contributed by atoms with Gasteiger partial charge in [-0.15, -0.1) is 0 Å². The van der Waals surface area contributed by atoms with E-state index in [2.05, 4.69) is 20.9 Å². The molecule has 1 aromatic carbocycles. The van der Waals surface area contributed by atoms with E-state index >= 15 is 0 Å². The van der Waals surface area contributed by atoms with Gasteiger partial charge in [0.2, 0.25) is 0 Å². The molecule has 1 aromatic heterocycles. The van der Waals surface area contributed by atoms with Crippen LogP contribution in [0.2, 0.25) is 0 Å². The normalized spacial score (nSPS) is 12.3. The quantitative estimate of drug-likeness (QED) is 0.906. The Morgan fingerprint density at radius 3 is 2.71 bits per heavy atom. The second-order valence-electron chi connectivity index (χ2n) is 4.90. The van der Waals surface area contributed by atoms with Crippen LogP contribution in [-0.2, 0) is 6.42 Å². The Bertz CT molecular complexity index is 641. The topological polar surface area (TPSA) is 42.4 Å². The molecule has 1 atom stereocenters. The number of pyridine rings is 1. The fourth-order valence-corrected chi connectivity index (χ4v) is 3.00.